The fourth-order valence-electron chi connectivity index (χ4n) is 4.70. The van der Waals surface area contributed by atoms with E-state index in [1.54, 1.807) is 0 Å². The van der Waals surface area contributed by atoms with Crippen LogP contribution in [0.2, 0.25) is 0 Å². The molecule has 0 radical (unpaired) electrons. The van der Waals surface area contributed by atoms with E-state index in [4.69, 9.17) is 4.65 Å². The van der Waals surface area contributed by atoms with Crippen molar-refractivity contribution >= 4 is 50.7 Å². The first-order valence-electron chi connectivity index (χ1n) is 10.2. The van der Waals surface area contributed by atoms with Crippen molar-refractivity contribution in [3.63, 3.8) is 0 Å². The zero-order chi connectivity index (χ0) is 20.9. The molecule has 4 nitrogen and oxygen atoms in total. The van der Waals surface area contributed by atoms with Gasteiger partial charge in [-0.25, -0.2) is 0 Å². The van der Waals surface area contributed by atoms with E-state index in [1.165, 1.54) is 10.8 Å². The summed E-state index contributed by atoms with van der Waals surface area (Å²) in [6.45, 7) is 0. The minimum atomic E-state index is -1.90. The summed E-state index contributed by atoms with van der Waals surface area (Å²) in [4.78, 5) is 0. The highest BCUT2D eigenvalue weighted by atomic mass is 16.6. The highest BCUT2D eigenvalue weighted by Gasteiger charge is 2.22. The van der Waals surface area contributed by atoms with Crippen LogP contribution in [0, 0.1) is 0 Å². The summed E-state index contributed by atoms with van der Waals surface area (Å²) >= 11 is 0. The Morgan fingerprint density at radius 3 is 1.35 bits per heavy atom. The summed E-state index contributed by atoms with van der Waals surface area (Å²) in [7, 11) is -1.90. The number of nitrogens with zero attached hydrogens (tertiary/aromatic N) is 1. The topological polar surface area (TPSA) is 54.6 Å². The molecule has 0 aliphatic heterocycles. The molecule has 0 spiro atoms. The highest BCUT2D eigenvalue weighted by Crippen LogP contribution is 2.43. The SMILES string of the molecule is OB(O)Oc1c2ccccc2c(-n2c3ccccc3c3ccccc32)c2ccccc12. The van der Waals surface area contributed by atoms with E-state index in [-0.39, 0.29) is 0 Å². The molecule has 0 saturated heterocycles. The Bertz CT molecular complexity index is 1490. The lowest BCUT2D eigenvalue weighted by molar-refractivity contribution is 0.291. The molecule has 1 heterocycles. The van der Waals surface area contributed by atoms with Crippen LogP contribution < -0.4 is 4.65 Å². The quantitative estimate of drug-likeness (QED) is 0.306. The Balaban J connectivity index is 1.88. The van der Waals surface area contributed by atoms with Crippen LogP contribution in [0.25, 0.3) is 49.0 Å². The molecule has 0 fully saturated rings. The Kier molecular flexibility index (Phi) is 4.00. The average Bonchev–Trinajstić information content (AvgIpc) is 3.13. The molecule has 31 heavy (non-hydrogen) atoms. The van der Waals surface area contributed by atoms with Gasteiger partial charge in [-0.15, -0.1) is 0 Å². The van der Waals surface area contributed by atoms with Gasteiger partial charge in [-0.05, 0) is 12.1 Å². The second kappa shape index (κ2) is 6.88. The number of aromatic nitrogens is 1. The smallest absolute Gasteiger partial charge is 0.511 e. The first kappa shape index (κ1) is 18.0. The van der Waals surface area contributed by atoms with Gasteiger partial charge in [0.1, 0.15) is 5.75 Å². The standard InChI is InChI=1S/C26H18BNO3/c29-27(30)31-26-21-13-3-1-11-19(21)25(20-12-2-4-14-22(20)26)28-23-15-7-5-9-17(23)18-10-6-8-16-24(18)28/h1-16,29-30H. The van der Waals surface area contributed by atoms with E-state index in [1.807, 2.05) is 36.4 Å². The predicted octanol–water partition coefficient (Wildman–Crippen LogP) is 5.44. The molecule has 6 aromatic rings. The van der Waals surface area contributed by atoms with Gasteiger partial charge in [0, 0.05) is 32.3 Å². The third kappa shape index (κ3) is 2.64. The second-order valence-corrected chi connectivity index (χ2v) is 7.58. The Labute approximate surface area is 178 Å². The first-order valence-corrected chi connectivity index (χ1v) is 10.2. The molecule has 0 atom stereocenters. The van der Waals surface area contributed by atoms with E-state index in [2.05, 4.69) is 65.2 Å². The summed E-state index contributed by atoms with van der Waals surface area (Å²) < 4.78 is 7.79. The van der Waals surface area contributed by atoms with Gasteiger partial charge in [0.2, 0.25) is 0 Å². The lowest BCUT2D eigenvalue weighted by atomic mass is 9.98. The lowest BCUT2D eigenvalue weighted by Gasteiger charge is -2.19. The maximum Gasteiger partial charge on any atom is 0.707 e. The largest absolute Gasteiger partial charge is 0.707 e. The number of fused-ring (bicyclic) bond motifs is 5. The van der Waals surface area contributed by atoms with Gasteiger partial charge in [0.15, 0.2) is 0 Å². The maximum atomic E-state index is 9.59. The summed E-state index contributed by atoms with van der Waals surface area (Å²) in [5, 5.41) is 25.2. The summed E-state index contributed by atoms with van der Waals surface area (Å²) in [5.74, 6) is 0.464. The average molecular weight is 403 g/mol. The van der Waals surface area contributed by atoms with Crippen molar-refractivity contribution in [1.82, 2.24) is 4.57 Å². The predicted molar refractivity (Wildman–Crippen MR) is 127 cm³/mol. The number of hydrogen-bond acceptors (Lipinski definition) is 3. The van der Waals surface area contributed by atoms with Crippen LogP contribution in [-0.4, -0.2) is 21.9 Å². The molecule has 0 saturated carbocycles. The van der Waals surface area contributed by atoms with Crippen molar-refractivity contribution < 1.29 is 14.7 Å². The van der Waals surface area contributed by atoms with Crippen molar-refractivity contribution in [2.24, 2.45) is 0 Å². The van der Waals surface area contributed by atoms with Crippen LogP contribution in [0.3, 0.4) is 0 Å². The van der Waals surface area contributed by atoms with Gasteiger partial charge < -0.3 is 19.3 Å². The molecule has 0 amide bonds. The number of hydrogen-bond donors (Lipinski definition) is 2. The summed E-state index contributed by atoms with van der Waals surface area (Å²) in [6.07, 6.45) is 0. The van der Waals surface area contributed by atoms with Crippen LogP contribution in [-0.2, 0) is 0 Å². The van der Waals surface area contributed by atoms with Crippen LogP contribution in [0.4, 0.5) is 0 Å². The third-order valence-corrected chi connectivity index (χ3v) is 5.88. The normalized spacial score (nSPS) is 11.5. The van der Waals surface area contributed by atoms with E-state index >= 15 is 0 Å². The molecular weight excluding hydrogens is 385 g/mol. The Morgan fingerprint density at radius 2 is 0.903 bits per heavy atom. The van der Waals surface area contributed by atoms with Crippen molar-refractivity contribution in [3.05, 3.63) is 97.1 Å². The van der Waals surface area contributed by atoms with E-state index in [9.17, 15) is 10.0 Å². The number of para-hydroxylation sites is 2. The van der Waals surface area contributed by atoms with E-state index in [0.29, 0.717) is 5.75 Å². The lowest BCUT2D eigenvalue weighted by Crippen LogP contribution is -2.21. The highest BCUT2D eigenvalue weighted by molar-refractivity contribution is 6.35. The molecule has 0 aliphatic carbocycles. The van der Waals surface area contributed by atoms with Gasteiger partial charge >= 0.3 is 7.32 Å². The third-order valence-electron chi connectivity index (χ3n) is 5.88. The molecule has 1 aromatic heterocycles. The van der Waals surface area contributed by atoms with Gasteiger partial charge in [-0.3, -0.25) is 0 Å². The molecule has 0 unspecified atom stereocenters. The molecular formula is C26H18BNO3. The van der Waals surface area contributed by atoms with Gasteiger partial charge in [-0.2, -0.15) is 0 Å². The molecule has 148 valence electrons. The molecule has 0 bridgehead atoms. The van der Waals surface area contributed by atoms with Crippen molar-refractivity contribution in [3.8, 4) is 11.4 Å². The summed E-state index contributed by atoms with van der Waals surface area (Å²) in [6, 6.07) is 32.7. The van der Waals surface area contributed by atoms with E-state index < -0.39 is 7.32 Å². The zero-order valence-corrected chi connectivity index (χ0v) is 16.6. The Morgan fingerprint density at radius 1 is 0.516 bits per heavy atom. The van der Waals surface area contributed by atoms with Crippen LogP contribution >= 0.6 is 0 Å². The van der Waals surface area contributed by atoms with Crippen molar-refractivity contribution in [2.45, 2.75) is 0 Å². The van der Waals surface area contributed by atoms with Gasteiger partial charge in [0.05, 0.1) is 16.7 Å². The molecule has 5 aromatic carbocycles. The second-order valence-electron chi connectivity index (χ2n) is 7.58. The fourth-order valence-corrected chi connectivity index (χ4v) is 4.70. The maximum absolute atomic E-state index is 9.59. The zero-order valence-electron chi connectivity index (χ0n) is 16.6. The minimum absolute atomic E-state index is 0.464. The van der Waals surface area contributed by atoms with Crippen molar-refractivity contribution in [1.29, 1.82) is 0 Å². The Hall–Kier alpha value is -3.80. The van der Waals surface area contributed by atoms with Crippen LogP contribution in [0.15, 0.2) is 97.1 Å². The number of rotatable bonds is 3. The minimum Gasteiger partial charge on any atom is -0.511 e. The van der Waals surface area contributed by atoms with Crippen LogP contribution in [0.5, 0.6) is 5.75 Å². The van der Waals surface area contributed by atoms with Gasteiger partial charge in [0.25, 0.3) is 0 Å². The summed E-state index contributed by atoms with van der Waals surface area (Å²) in [5.41, 5.74) is 3.29. The fraction of sp³-hybridized carbons (Fsp3) is 0. The number of benzene rings is 5. The van der Waals surface area contributed by atoms with Crippen LogP contribution in [0.1, 0.15) is 0 Å². The monoisotopic (exact) mass is 403 g/mol. The van der Waals surface area contributed by atoms with Crippen molar-refractivity contribution in [2.75, 3.05) is 0 Å². The van der Waals surface area contributed by atoms with E-state index in [0.717, 1.165) is 38.3 Å². The molecule has 6 rings (SSSR count). The first-order chi connectivity index (χ1) is 15.2. The van der Waals surface area contributed by atoms with Gasteiger partial charge in [-0.1, -0.05) is 84.9 Å². The molecule has 5 heteroatoms. The molecule has 0 aliphatic rings. The molecule has 2 N–H and O–H groups in total.